The van der Waals surface area contributed by atoms with Gasteiger partial charge in [-0.3, -0.25) is 4.90 Å². The van der Waals surface area contributed by atoms with E-state index in [1.165, 1.54) is 12.8 Å². The van der Waals surface area contributed by atoms with Crippen LogP contribution in [-0.4, -0.2) is 97.8 Å². The Kier molecular flexibility index (Phi) is 7.67. The van der Waals surface area contributed by atoms with Crippen molar-refractivity contribution in [1.29, 1.82) is 0 Å². The third kappa shape index (κ3) is 6.03. The number of hydrogen-bond donors (Lipinski definition) is 3. The first kappa shape index (κ1) is 24.2. The zero-order chi connectivity index (χ0) is 24.2. The second kappa shape index (κ2) is 11.1. The minimum atomic E-state index is -0.565. The summed E-state index contributed by atoms with van der Waals surface area (Å²) in [4.78, 5) is 15.0. The van der Waals surface area contributed by atoms with Crippen molar-refractivity contribution in [2.24, 2.45) is 0 Å². The summed E-state index contributed by atoms with van der Waals surface area (Å²) in [5.74, 6) is 3.25. The second-order valence-electron chi connectivity index (χ2n) is 9.85. The number of benzene rings is 1. The summed E-state index contributed by atoms with van der Waals surface area (Å²) in [5, 5.41) is 16.6. The molecule has 9 nitrogen and oxygen atoms in total. The number of nitrogens with zero attached hydrogens (tertiary/aromatic N) is 4. The molecule has 2 aromatic rings. The van der Waals surface area contributed by atoms with Gasteiger partial charge in [-0.2, -0.15) is 0 Å². The largest absolute Gasteiger partial charge is 0.491 e. The van der Waals surface area contributed by atoms with Gasteiger partial charge in [-0.05, 0) is 45.4 Å². The minimum absolute atomic E-state index is 0.226. The summed E-state index contributed by atoms with van der Waals surface area (Å²) in [7, 11) is 1.81. The molecule has 35 heavy (non-hydrogen) atoms. The van der Waals surface area contributed by atoms with Crippen molar-refractivity contribution >= 4 is 11.6 Å². The van der Waals surface area contributed by atoms with Crippen LogP contribution in [0.3, 0.4) is 0 Å². The zero-order valence-electron chi connectivity index (χ0n) is 20.9. The Labute approximate surface area is 207 Å². The quantitative estimate of drug-likeness (QED) is 0.469. The number of aromatic nitrogens is 2. The Morgan fingerprint density at radius 1 is 1.17 bits per heavy atom. The zero-order valence-corrected chi connectivity index (χ0v) is 20.9. The lowest BCUT2D eigenvalue weighted by Crippen LogP contribution is -2.47. The lowest BCUT2D eigenvalue weighted by atomic mass is 10.1. The van der Waals surface area contributed by atoms with Crippen LogP contribution in [0.25, 0.3) is 11.4 Å². The van der Waals surface area contributed by atoms with Gasteiger partial charge in [0.15, 0.2) is 5.82 Å². The molecule has 2 atom stereocenters. The molecule has 9 heteroatoms. The van der Waals surface area contributed by atoms with E-state index in [2.05, 4.69) is 27.4 Å². The number of nitrogens with one attached hydrogen (secondary N) is 2. The van der Waals surface area contributed by atoms with Crippen LogP contribution >= 0.6 is 0 Å². The number of likely N-dealkylation sites (N-methyl/N-ethyl adjacent to an activating group) is 1. The Morgan fingerprint density at radius 2 is 2.00 bits per heavy atom. The molecule has 0 bridgehead atoms. The average molecular weight is 483 g/mol. The van der Waals surface area contributed by atoms with Crippen molar-refractivity contribution in [3.05, 3.63) is 29.8 Å². The molecule has 2 saturated heterocycles. The first-order chi connectivity index (χ1) is 17.1. The number of piperazine rings is 1. The van der Waals surface area contributed by atoms with Gasteiger partial charge < -0.3 is 30.1 Å². The summed E-state index contributed by atoms with van der Waals surface area (Å²) in [6.45, 7) is 8.44. The van der Waals surface area contributed by atoms with E-state index in [9.17, 15) is 5.11 Å². The number of aliphatic hydroxyl groups is 1. The average Bonchev–Trinajstić information content (AvgIpc) is 3.61. The minimum Gasteiger partial charge on any atom is -0.491 e. The van der Waals surface area contributed by atoms with Gasteiger partial charge in [0.2, 0.25) is 0 Å². The van der Waals surface area contributed by atoms with E-state index in [1.807, 2.05) is 31.3 Å². The molecule has 2 aliphatic heterocycles. The molecule has 1 aromatic carbocycles. The number of aliphatic hydroxyl groups excluding tert-OH is 1. The van der Waals surface area contributed by atoms with Gasteiger partial charge in [-0.15, -0.1) is 0 Å². The maximum Gasteiger partial charge on any atom is 0.164 e. The molecule has 3 fully saturated rings. The molecule has 5 rings (SSSR count). The SMILES string of the molecule is CNCC(O)COc1cccc(-c2nc(NC3CCOC3)c(C)c(N3CCN(C4CC4)CC3)n2)c1. The third-order valence-electron chi connectivity index (χ3n) is 7.04. The van der Waals surface area contributed by atoms with Gasteiger partial charge in [0.1, 0.15) is 30.1 Å². The third-order valence-corrected chi connectivity index (χ3v) is 7.04. The van der Waals surface area contributed by atoms with Gasteiger partial charge in [-0.1, -0.05) is 12.1 Å². The fourth-order valence-electron chi connectivity index (χ4n) is 4.87. The normalized spacial score (nSPS) is 21.8. The van der Waals surface area contributed by atoms with E-state index in [4.69, 9.17) is 19.4 Å². The van der Waals surface area contributed by atoms with E-state index < -0.39 is 6.10 Å². The summed E-state index contributed by atoms with van der Waals surface area (Å²) >= 11 is 0. The highest BCUT2D eigenvalue weighted by molar-refractivity contribution is 5.67. The predicted molar refractivity (Wildman–Crippen MR) is 137 cm³/mol. The molecule has 0 amide bonds. The van der Waals surface area contributed by atoms with Crippen LogP contribution in [0.4, 0.5) is 11.6 Å². The Balaban J connectivity index is 1.40. The van der Waals surface area contributed by atoms with Gasteiger partial charge in [0, 0.05) is 56.5 Å². The molecule has 1 aromatic heterocycles. The lowest BCUT2D eigenvalue weighted by molar-refractivity contribution is 0.108. The first-order valence-electron chi connectivity index (χ1n) is 12.9. The number of hydrogen-bond acceptors (Lipinski definition) is 9. The standard InChI is InChI=1S/C26H38N6O3/c1-18-24(28-20-8-13-34-16-20)29-25(19-4-3-5-23(14-19)35-17-22(33)15-27-2)30-26(18)32-11-9-31(10-12-32)21-6-7-21/h3-5,14,20-22,27,33H,6-13,15-17H2,1-2H3,(H,28,29,30). The smallest absolute Gasteiger partial charge is 0.164 e. The van der Waals surface area contributed by atoms with Gasteiger partial charge >= 0.3 is 0 Å². The van der Waals surface area contributed by atoms with Crippen LogP contribution < -0.4 is 20.3 Å². The fraction of sp³-hybridized carbons (Fsp3) is 0.615. The summed E-state index contributed by atoms with van der Waals surface area (Å²) in [6, 6.07) is 8.88. The molecule has 0 spiro atoms. The molecule has 2 unspecified atom stereocenters. The van der Waals surface area contributed by atoms with E-state index in [0.29, 0.717) is 24.7 Å². The maximum absolute atomic E-state index is 10.00. The molecule has 190 valence electrons. The Hall–Kier alpha value is -2.46. The van der Waals surface area contributed by atoms with Gasteiger partial charge in [0.05, 0.1) is 12.6 Å². The summed E-state index contributed by atoms with van der Waals surface area (Å²) in [6.07, 6.45) is 3.11. The van der Waals surface area contributed by atoms with Gasteiger partial charge in [-0.25, -0.2) is 9.97 Å². The van der Waals surface area contributed by atoms with Crippen molar-refractivity contribution in [3.8, 4) is 17.1 Å². The molecule has 3 heterocycles. The van der Waals surface area contributed by atoms with Crippen molar-refractivity contribution in [2.45, 2.75) is 44.4 Å². The molecular weight excluding hydrogens is 444 g/mol. The van der Waals surface area contributed by atoms with Crippen molar-refractivity contribution < 1.29 is 14.6 Å². The fourth-order valence-corrected chi connectivity index (χ4v) is 4.87. The molecular formula is C26H38N6O3. The summed E-state index contributed by atoms with van der Waals surface area (Å²) < 4.78 is 11.4. The van der Waals surface area contributed by atoms with Crippen molar-refractivity contribution in [3.63, 3.8) is 0 Å². The van der Waals surface area contributed by atoms with Crippen LogP contribution in [0.15, 0.2) is 24.3 Å². The van der Waals surface area contributed by atoms with E-state index in [-0.39, 0.29) is 12.6 Å². The van der Waals surface area contributed by atoms with Gasteiger partial charge in [0.25, 0.3) is 0 Å². The molecule has 0 radical (unpaired) electrons. The monoisotopic (exact) mass is 482 g/mol. The van der Waals surface area contributed by atoms with Crippen LogP contribution in [0.1, 0.15) is 24.8 Å². The maximum atomic E-state index is 10.00. The topological polar surface area (TPSA) is 95.0 Å². The Bertz CT molecular complexity index is 987. The molecule has 3 aliphatic rings. The van der Waals surface area contributed by atoms with Crippen LogP contribution in [0.2, 0.25) is 0 Å². The van der Waals surface area contributed by atoms with Crippen LogP contribution in [0.5, 0.6) is 5.75 Å². The van der Waals surface area contributed by atoms with E-state index in [0.717, 1.165) is 68.0 Å². The molecule has 1 aliphatic carbocycles. The second-order valence-corrected chi connectivity index (χ2v) is 9.85. The molecule has 3 N–H and O–H groups in total. The van der Waals surface area contributed by atoms with E-state index in [1.54, 1.807) is 0 Å². The van der Waals surface area contributed by atoms with Crippen LogP contribution in [0, 0.1) is 6.92 Å². The first-order valence-corrected chi connectivity index (χ1v) is 12.9. The number of rotatable bonds is 10. The highest BCUT2D eigenvalue weighted by atomic mass is 16.5. The van der Waals surface area contributed by atoms with Crippen molar-refractivity contribution in [1.82, 2.24) is 20.2 Å². The predicted octanol–water partition coefficient (Wildman–Crippen LogP) is 1.90. The highest BCUT2D eigenvalue weighted by Gasteiger charge is 2.32. The Morgan fingerprint density at radius 3 is 2.71 bits per heavy atom. The highest BCUT2D eigenvalue weighted by Crippen LogP contribution is 2.32. The molecule has 1 saturated carbocycles. The van der Waals surface area contributed by atoms with Crippen molar-refractivity contribution in [2.75, 3.05) is 69.8 Å². The number of ether oxygens (including phenoxy) is 2. The summed E-state index contributed by atoms with van der Waals surface area (Å²) in [5.41, 5.74) is 1.98. The van der Waals surface area contributed by atoms with Crippen LogP contribution in [-0.2, 0) is 4.74 Å². The lowest BCUT2D eigenvalue weighted by Gasteiger charge is -2.36. The van der Waals surface area contributed by atoms with E-state index >= 15 is 0 Å². The number of anilines is 2.